The minimum atomic E-state index is -0.648. The molecule has 1 fully saturated rings. The highest BCUT2D eigenvalue weighted by Crippen LogP contribution is 2.24. The number of carbonyl (C=O) groups is 1. The number of halogens is 2. The van der Waals surface area contributed by atoms with Crippen LogP contribution in [0, 0.1) is 28.8 Å². The summed E-state index contributed by atoms with van der Waals surface area (Å²) in [6, 6.07) is 1.98. The van der Waals surface area contributed by atoms with Crippen LogP contribution in [0.2, 0.25) is 0 Å². The van der Waals surface area contributed by atoms with Crippen molar-refractivity contribution in [2.75, 3.05) is 19.6 Å². The molecule has 1 atom stereocenters. The quantitative estimate of drug-likeness (QED) is 0.634. The second-order valence-electron chi connectivity index (χ2n) is 5.63. The maximum atomic E-state index is 13.4. The fraction of sp³-hybridized carbons (Fsp3) is 0.533. The number of hydrogen-bond donors (Lipinski definition) is 2. The summed E-state index contributed by atoms with van der Waals surface area (Å²) in [5.41, 5.74) is -0.408. The monoisotopic (exact) mass is 345 g/mol. The molecule has 1 saturated heterocycles. The van der Waals surface area contributed by atoms with E-state index in [0.717, 1.165) is 44.5 Å². The van der Waals surface area contributed by atoms with Gasteiger partial charge in [-0.05, 0) is 57.3 Å². The van der Waals surface area contributed by atoms with Gasteiger partial charge in [-0.25, -0.2) is 4.39 Å². The summed E-state index contributed by atoms with van der Waals surface area (Å²) in [4.78, 5) is 22.5. The van der Waals surface area contributed by atoms with Crippen molar-refractivity contribution >= 4 is 24.0 Å². The van der Waals surface area contributed by atoms with Crippen LogP contribution in [0.5, 0.6) is 0 Å². The fourth-order valence-electron chi connectivity index (χ4n) is 2.81. The lowest BCUT2D eigenvalue weighted by Gasteiger charge is -2.22. The summed E-state index contributed by atoms with van der Waals surface area (Å²) >= 11 is 0. The van der Waals surface area contributed by atoms with Crippen LogP contribution in [0.4, 0.5) is 10.1 Å². The second-order valence-corrected chi connectivity index (χ2v) is 5.63. The van der Waals surface area contributed by atoms with Crippen molar-refractivity contribution in [3.63, 3.8) is 0 Å². The number of aryl methyl sites for hydroxylation is 1. The van der Waals surface area contributed by atoms with Crippen LogP contribution in [0.3, 0.4) is 0 Å². The van der Waals surface area contributed by atoms with Crippen LogP contribution in [-0.4, -0.2) is 30.5 Å². The van der Waals surface area contributed by atoms with Crippen LogP contribution in [0.25, 0.3) is 0 Å². The van der Waals surface area contributed by atoms with Crippen LogP contribution in [-0.2, 0) is 0 Å². The van der Waals surface area contributed by atoms with E-state index in [-0.39, 0.29) is 29.2 Å². The first-order chi connectivity index (χ1) is 10.5. The largest absolute Gasteiger partial charge is 0.352 e. The van der Waals surface area contributed by atoms with Gasteiger partial charge in [0.25, 0.3) is 11.6 Å². The SMILES string of the molecule is Cc1cc(F)cc(C(=O)NCCC2CCCNC2)c1[N+](=O)[O-].Cl. The van der Waals surface area contributed by atoms with Crippen LogP contribution in [0.15, 0.2) is 12.1 Å². The molecule has 1 aromatic rings. The minimum Gasteiger partial charge on any atom is -0.352 e. The fourth-order valence-corrected chi connectivity index (χ4v) is 2.81. The number of rotatable bonds is 5. The lowest BCUT2D eigenvalue weighted by atomic mass is 9.96. The highest BCUT2D eigenvalue weighted by Gasteiger charge is 2.24. The molecule has 1 amide bonds. The third-order valence-corrected chi connectivity index (χ3v) is 3.93. The van der Waals surface area contributed by atoms with Gasteiger partial charge in [0.05, 0.1) is 4.92 Å². The topological polar surface area (TPSA) is 84.3 Å². The van der Waals surface area contributed by atoms with Crippen molar-refractivity contribution in [3.8, 4) is 0 Å². The molecule has 1 aliphatic heterocycles. The number of piperidine rings is 1. The summed E-state index contributed by atoms with van der Waals surface area (Å²) in [5.74, 6) is -0.749. The lowest BCUT2D eigenvalue weighted by molar-refractivity contribution is -0.385. The Kier molecular flexibility index (Phi) is 7.38. The molecule has 1 aromatic carbocycles. The maximum Gasteiger partial charge on any atom is 0.285 e. The summed E-state index contributed by atoms with van der Waals surface area (Å²) in [6.07, 6.45) is 3.04. The summed E-state index contributed by atoms with van der Waals surface area (Å²) < 4.78 is 13.4. The first-order valence-electron chi connectivity index (χ1n) is 7.42. The molecule has 128 valence electrons. The van der Waals surface area contributed by atoms with Crippen molar-refractivity contribution in [2.24, 2.45) is 5.92 Å². The standard InChI is InChI=1S/C15H20FN3O3.ClH/c1-10-7-12(16)8-13(14(10)19(21)22)15(20)18-6-4-11-3-2-5-17-9-11;/h7-8,11,17H,2-6,9H2,1H3,(H,18,20);1H. The molecule has 0 bridgehead atoms. The Morgan fingerprint density at radius 2 is 2.26 bits per heavy atom. The van der Waals surface area contributed by atoms with Crippen molar-refractivity contribution in [1.82, 2.24) is 10.6 Å². The molecule has 0 aromatic heterocycles. The van der Waals surface area contributed by atoms with E-state index in [9.17, 15) is 19.3 Å². The molecule has 0 spiro atoms. The smallest absolute Gasteiger partial charge is 0.285 e. The molecule has 0 radical (unpaired) electrons. The van der Waals surface area contributed by atoms with Gasteiger partial charge in [-0.2, -0.15) is 0 Å². The van der Waals surface area contributed by atoms with Crippen LogP contribution >= 0.6 is 12.4 Å². The Labute approximate surface area is 140 Å². The normalized spacial score (nSPS) is 17.2. The number of hydrogen-bond acceptors (Lipinski definition) is 4. The van der Waals surface area contributed by atoms with E-state index >= 15 is 0 Å². The Morgan fingerprint density at radius 3 is 2.87 bits per heavy atom. The van der Waals surface area contributed by atoms with E-state index in [1.54, 1.807) is 0 Å². The van der Waals surface area contributed by atoms with Crippen molar-refractivity contribution in [3.05, 3.63) is 39.2 Å². The van der Waals surface area contributed by atoms with E-state index in [2.05, 4.69) is 10.6 Å². The van der Waals surface area contributed by atoms with Gasteiger partial charge in [0.15, 0.2) is 0 Å². The molecule has 2 N–H and O–H groups in total. The molecule has 0 aliphatic carbocycles. The number of amides is 1. The van der Waals surface area contributed by atoms with Gasteiger partial charge in [0, 0.05) is 12.1 Å². The van der Waals surface area contributed by atoms with Gasteiger partial charge in [0.1, 0.15) is 11.4 Å². The van der Waals surface area contributed by atoms with Gasteiger partial charge < -0.3 is 10.6 Å². The Bertz CT molecular complexity index is 577. The van der Waals surface area contributed by atoms with Crippen molar-refractivity contribution in [2.45, 2.75) is 26.2 Å². The molecule has 2 rings (SSSR count). The minimum absolute atomic E-state index is 0. The number of nitro groups is 1. The zero-order valence-corrected chi connectivity index (χ0v) is 13.7. The van der Waals surface area contributed by atoms with E-state index in [0.29, 0.717) is 12.5 Å². The summed E-state index contributed by atoms with van der Waals surface area (Å²) in [7, 11) is 0. The van der Waals surface area contributed by atoms with E-state index in [4.69, 9.17) is 0 Å². The Morgan fingerprint density at radius 1 is 1.52 bits per heavy atom. The average Bonchev–Trinajstić information content (AvgIpc) is 2.46. The third kappa shape index (κ3) is 5.14. The number of nitrogens with zero attached hydrogens (tertiary/aromatic N) is 1. The summed E-state index contributed by atoms with van der Waals surface area (Å²) in [6.45, 7) is 3.80. The number of nitro benzene ring substituents is 1. The number of carbonyl (C=O) groups excluding carboxylic acids is 1. The van der Waals surface area contributed by atoms with Crippen LogP contribution < -0.4 is 10.6 Å². The molecular weight excluding hydrogens is 325 g/mol. The third-order valence-electron chi connectivity index (χ3n) is 3.93. The van der Waals surface area contributed by atoms with Gasteiger partial charge in [0.2, 0.25) is 0 Å². The van der Waals surface area contributed by atoms with Gasteiger partial charge in [-0.15, -0.1) is 12.4 Å². The zero-order chi connectivity index (χ0) is 16.1. The van der Waals surface area contributed by atoms with Crippen molar-refractivity contribution < 1.29 is 14.1 Å². The molecule has 1 heterocycles. The summed E-state index contributed by atoms with van der Waals surface area (Å²) in [5, 5.41) is 17.0. The highest BCUT2D eigenvalue weighted by molar-refractivity contribution is 5.98. The Balaban J connectivity index is 0.00000264. The molecule has 1 aliphatic rings. The van der Waals surface area contributed by atoms with Gasteiger partial charge in [-0.3, -0.25) is 14.9 Å². The molecule has 0 saturated carbocycles. The van der Waals surface area contributed by atoms with Gasteiger partial charge in [-0.1, -0.05) is 0 Å². The lowest BCUT2D eigenvalue weighted by Crippen LogP contribution is -2.33. The van der Waals surface area contributed by atoms with Crippen LogP contribution in [0.1, 0.15) is 35.2 Å². The first kappa shape index (κ1) is 19.3. The molecule has 23 heavy (non-hydrogen) atoms. The molecule has 1 unspecified atom stereocenters. The number of nitrogens with one attached hydrogen (secondary N) is 2. The van der Waals surface area contributed by atoms with Crippen molar-refractivity contribution in [1.29, 1.82) is 0 Å². The number of benzene rings is 1. The molecule has 8 heteroatoms. The van der Waals surface area contributed by atoms with E-state index in [1.165, 1.54) is 6.92 Å². The predicted octanol–water partition coefficient (Wildman–Crippen LogP) is 2.58. The predicted molar refractivity (Wildman–Crippen MR) is 87.6 cm³/mol. The van der Waals surface area contributed by atoms with E-state index < -0.39 is 16.6 Å². The van der Waals surface area contributed by atoms with Gasteiger partial charge >= 0.3 is 0 Å². The zero-order valence-electron chi connectivity index (χ0n) is 12.9. The second kappa shape index (κ2) is 8.79. The molecular formula is C15H21ClFN3O3. The molecule has 6 nitrogen and oxygen atoms in total. The Hall–Kier alpha value is -1.73. The average molecular weight is 346 g/mol. The van der Waals surface area contributed by atoms with E-state index in [1.807, 2.05) is 0 Å². The maximum absolute atomic E-state index is 13.4. The highest BCUT2D eigenvalue weighted by atomic mass is 35.5. The first-order valence-corrected chi connectivity index (χ1v) is 7.42.